The van der Waals surface area contributed by atoms with Crippen LogP contribution in [0.3, 0.4) is 0 Å². The number of benzene rings is 2. The maximum atomic E-state index is 12.2. The van der Waals surface area contributed by atoms with Gasteiger partial charge in [-0.15, -0.1) is 16.8 Å². The van der Waals surface area contributed by atoms with E-state index in [4.69, 9.17) is 4.74 Å². The van der Waals surface area contributed by atoms with Crippen molar-refractivity contribution in [3.05, 3.63) is 84.7 Å². The van der Waals surface area contributed by atoms with Crippen LogP contribution in [0.2, 0.25) is 0 Å². The lowest BCUT2D eigenvalue weighted by Gasteiger charge is -2.15. The summed E-state index contributed by atoms with van der Waals surface area (Å²) in [5.74, 6) is 1.67. The quantitative estimate of drug-likeness (QED) is 0.405. The minimum Gasteiger partial charge on any atom is -0.483 e. The SMILES string of the molecule is C=CCn1c(SCC(=O)NCc2ccccc2)nnc1C(C)Oc1ccccc1. The van der Waals surface area contributed by atoms with Crippen LogP contribution in [0.15, 0.2) is 78.5 Å². The number of allylic oxidation sites excluding steroid dienone is 1. The van der Waals surface area contributed by atoms with Crippen LogP contribution in [0.1, 0.15) is 24.4 Å². The minimum absolute atomic E-state index is 0.0536. The number of hydrogen-bond donors (Lipinski definition) is 1. The first-order chi connectivity index (χ1) is 14.2. The van der Waals surface area contributed by atoms with Gasteiger partial charge >= 0.3 is 0 Å². The molecule has 1 unspecified atom stereocenters. The van der Waals surface area contributed by atoms with Crippen LogP contribution in [-0.4, -0.2) is 26.4 Å². The lowest BCUT2D eigenvalue weighted by atomic mass is 10.2. The average molecular weight is 409 g/mol. The Morgan fingerprint density at radius 1 is 1.17 bits per heavy atom. The summed E-state index contributed by atoms with van der Waals surface area (Å²) < 4.78 is 7.89. The minimum atomic E-state index is -0.286. The number of carbonyl (C=O) groups is 1. The molecular weight excluding hydrogens is 384 g/mol. The first-order valence-electron chi connectivity index (χ1n) is 9.36. The summed E-state index contributed by atoms with van der Waals surface area (Å²) in [5.41, 5.74) is 1.06. The van der Waals surface area contributed by atoms with E-state index in [1.807, 2.05) is 72.2 Å². The summed E-state index contributed by atoms with van der Waals surface area (Å²) in [6.07, 6.45) is 1.49. The molecule has 6 nitrogen and oxygen atoms in total. The Labute approximate surface area is 175 Å². The van der Waals surface area contributed by atoms with E-state index in [-0.39, 0.29) is 17.8 Å². The Morgan fingerprint density at radius 2 is 1.86 bits per heavy atom. The van der Waals surface area contributed by atoms with Gasteiger partial charge in [-0.1, -0.05) is 66.4 Å². The number of thioether (sulfide) groups is 1. The van der Waals surface area contributed by atoms with E-state index in [1.165, 1.54) is 11.8 Å². The zero-order valence-corrected chi connectivity index (χ0v) is 17.1. The molecular formula is C22H24N4O2S. The lowest BCUT2D eigenvalue weighted by molar-refractivity contribution is -0.118. The summed E-state index contributed by atoms with van der Waals surface area (Å²) in [4.78, 5) is 12.2. The van der Waals surface area contributed by atoms with Crippen molar-refractivity contribution in [1.29, 1.82) is 0 Å². The van der Waals surface area contributed by atoms with Crippen LogP contribution in [0, 0.1) is 0 Å². The van der Waals surface area contributed by atoms with E-state index in [1.54, 1.807) is 6.08 Å². The van der Waals surface area contributed by atoms with Crippen molar-refractivity contribution < 1.29 is 9.53 Å². The van der Waals surface area contributed by atoms with Gasteiger partial charge in [0.2, 0.25) is 5.91 Å². The fraction of sp³-hybridized carbons (Fsp3) is 0.227. The van der Waals surface area contributed by atoms with E-state index in [2.05, 4.69) is 22.1 Å². The molecule has 3 rings (SSSR count). The van der Waals surface area contributed by atoms with Gasteiger partial charge in [-0.25, -0.2) is 0 Å². The van der Waals surface area contributed by atoms with Crippen molar-refractivity contribution in [3.8, 4) is 5.75 Å². The summed E-state index contributed by atoms with van der Waals surface area (Å²) >= 11 is 1.35. The lowest BCUT2D eigenvalue weighted by Crippen LogP contribution is -2.24. The smallest absolute Gasteiger partial charge is 0.230 e. The molecule has 0 aliphatic carbocycles. The molecule has 0 radical (unpaired) electrons. The monoisotopic (exact) mass is 408 g/mol. The summed E-state index contributed by atoms with van der Waals surface area (Å²) in [7, 11) is 0. The molecule has 150 valence electrons. The van der Waals surface area contributed by atoms with Crippen molar-refractivity contribution in [2.75, 3.05) is 5.75 Å². The fourth-order valence-corrected chi connectivity index (χ4v) is 3.53. The van der Waals surface area contributed by atoms with Gasteiger partial charge in [-0.3, -0.25) is 9.36 Å². The van der Waals surface area contributed by atoms with Crippen molar-refractivity contribution >= 4 is 17.7 Å². The second-order valence-corrected chi connectivity index (χ2v) is 7.31. The van der Waals surface area contributed by atoms with E-state index in [0.29, 0.717) is 24.1 Å². The highest BCUT2D eigenvalue weighted by Gasteiger charge is 2.19. The van der Waals surface area contributed by atoms with Crippen LogP contribution < -0.4 is 10.1 Å². The molecule has 1 atom stereocenters. The van der Waals surface area contributed by atoms with Crippen molar-refractivity contribution in [3.63, 3.8) is 0 Å². The molecule has 0 aliphatic rings. The molecule has 0 fully saturated rings. The Bertz CT molecular complexity index is 929. The molecule has 1 aromatic heterocycles. The van der Waals surface area contributed by atoms with Gasteiger partial charge in [0.25, 0.3) is 0 Å². The third kappa shape index (κ3) is 5.96. The van der Waals surface area contributed by atoms with Gasteiger partial charge in [0.1, 0.15) is 5.75 Å². The number of aromatic nitrogens is 3. The first kappa shape index (κ1) is 20.7. The molecule has 0 aliphatic heterocycles. The number of rotatable bonds is 10. The van der Waals surface area contributed by atoms with Gasteiger partial charge in [-0.2, -0.15) is 0 Å². The van der Waals surface area contributed by atoms with E-state index in [0.717, 1.165) is 11.3 Å². The Hall–Kier alpha value is -3.06. The molecule has 0 bridgehead atoms. The molecule has 1 N–H and O–H groups in total. The molecule has 7 heteroatoms. The number of ether oxygens (including phenoxy) is 1. The fourth-order valence-electron chi connectivity index (χ4n) is 2.74. The van der Waals surface area contributed by atoms with Crippen LogP contribution >= 0.6 is 11.8 Å². The van der Waals surface area contributed by atoms with Crippen LogP contribution in [0.4, 0.5) is 0 Å². The highest BCUT2D eigenvalue weighted by atomic mass is 32.2. The molecule has 1 heterocycles. The van der Waals surface area contributed by atoms with Gasteiger partial charge in [0, 0.05) is 13.1 Å². The molecule has 3 aromatic rings. The summed E-state index contributed by atoms with van der Waals surface area (Å²) in [6.45, 7) is 6.79. The third-order valence-corrected chi connectivity index (χ3v) is 5.11. The number of hydrogen-bond acceptors (Lipinski definition) is 5. The molecule has 0 spiro atoms. The van der Waals surface area contributed by atoms with Crippen molar-refractivity contribution in [2.24, 2.45) is 0 Å². The summed E-state index contributed by atoms with van der Waals surface area (Å²) in [5, 5.41) is 12.1. The largest absolute Gasteiger partial charge is 0.483 e. The molecule has 29 heavy (non-hydrogen) atoms. The molecule has 1 amide bonds. The van der Waals surface area contributed by atoms with Gasteiger partial charge in [-0.05, 0) is 24.6 Å². The number of nitrogens with one attached hydrogen (secondary N) is 1. The van der Waals surface area contributed by atoms with Crippen LogP contribution in [-0.2, 0) is 17.9 Å². The van der Waals surface area contributed by atoms with Crippen LogP contribution in [0.25, 0.3) is 0 Å². The molecule has 0 saturated carbocycles. The standard InChI is InChI=1S/C22H24N4O2S/c1-3-14-26-21(17(2)28-19-12-8-5-9-13-19)24-25-22(26)29-16-20(27)23-15-18-10-6-4-7-11-18/h3-13,17H,1,14-16H2,2H3,(H,23,27). The Kier molecular flexibility index (Phi) is 7.47. The van der Waals surface area contributed by atoms with Gasteiger partial charge in [0.05, 0.1) is 5.75 Å². The zero-order chi connectivity index (χ0) is 20.5. The predicted molar refractivity (Wildman–Crippen MR) is 115 cm³/mol. The van der Waals surface area contributed by atoms with E-state index < -0.39 is 0 Å². The van der Waals surface area contributed by atoms with E-state index in [9.17, 15) is 4.79 Å². The topological polar surface area (TPSA) is 69.0 Å². The number of carbonyl (C=O) groups excluding carboxylic acids is 1. The van der Waals surface area contributed by atoms with Crippen LogP contribution in [0.5, 0.6) is 5.75 Å². The predicted octanol–water partition coefficient (Wildman–Crippen LogP) is 4.01. The van der Waals surface area contributed by atoms with E-state index >= 15 is 0 Å². The maximum absolute atomic E-state index is 12.2. The zero-order valence-electron chi connectivity index (χ0n) is 16.3. The third-order valence-electron chi connectivity index (χ3n) is 4.14. The number of nitrogens with zero attached hydrogens (tertiary/aromatic N) is 3. The maximum Gasteiger partial charge on any atom is 0.230 e. The van der Waals surface area contributed by atoms with Crippen molar-refractivity contribution in [2.45, 2.75) is 31.3 Å². The highest BCUT2D eigenvalue weighted by Crippen LogP contribution is 2.24. The first-order valence-corrected chi connectivity index (χ1v) is 10.3. The number of para-hydroxylation sites is 1. The second-order valence-electron chi connectivity index (χ2n) is 6.36. The van der Waals surface area contributed by atoms with Crippen molar-refractivity contribution in [1.82, 2.24) is 20.1 Å². The second kappa shape index (κ2) is 10.5. The normalized spacial score (nSPS) is 11.6. The molecule has 0 saturated heterocycles. The van der Waals surface area contributed by atoms with Gasteiger partial charge in [0.15, 0.2) is 17.1 Å². The molecule has 2 aromatic carbocycles. The highest BCUT2D eigenvalue weighted by molar-refractivity contribution is 7.99. The Balaban J connectivity index is 1.60. The van der Waals surface area contributed by atoms with Gasteiger partial charge < -0.3 is 10.1 Å². The summed E-state index contributed by atoms with van der Waals surface area (Å²) in [6, 6.07) is 19.4. The number of amides is 1. The Morgan fingerprint density at radius 3 is 2.55 bits per heavy atom. The average Bonchev–Trinajstić information content (AvgIpc) is 3.15.